The summed E-state index contributed by atoms with van der Waals surface area (Å²) in [4.78, 5) is 16.3. The molecule has 0 fully saturated rings. The van der Waals surface area contributed by atoms with Gasteiger partial charge in [-0.3, -0.25) is 0 Å². The second-order valence-corrected chi connectivity index (χ2v) is 17.7. The van der Waals surface area contributed by atoms with Gasteiger partial charge in [0.1, 0.15) is 0 Å². The molecule has 10 aromatic carbocycles. The fraction of sp³-hybridized carbons (Fsp3) is 0.0167. The minimum absolute atomic E-state index is 0.555. The van der Waals surface area contributed by atoms with E-state index in [0.29, 0.717) is 17.5 Å². The summed E-state index contributed by atoms with van der Waals surface area (Å²) in [6, 6.07) is 81.1. The molecule has 13 rings (SSSR count). The van der Waals surface area contributed by atoms with E-state index in [0.717, 1.165) is 33.0 Å². The first-order valence-corrected chi connectivity index (χ1v) is 22.6. The van der Waals surface area contributed by atoms with Crippen molar-refractivity contribution in [3.63, 3.8) is 0 Å². The van der Waals surface area contributed by atoms with Gasteiger partial charge in [0.15, 0.2) is 17.5 Å². The predicted octanol–water partition coefficient (Wildman–Crippen LogP) is 15.6. The number of aromatic nitrogens is 3. The molecule has 64 heavy (non-hydrogen) atoms. The maximum Gasteiger partial charge on any atom is 0.165 e. The van der Waals surface area contributed by atoms with Crippen molar-refractivity contribution >= 4 is 53.1 Å². The molecule has 4 heteroatoms. The van der Waals surface area contributed by atoms with Crippen LogP contribution in [0.2, 0.25) is 0 Å². The highest BCUT2D eigenvalue weighted by molar-refractivity contribution is 7.26. The molecule has 3 nitrogen and oxygen atoms in total. The molecule has 2 aromatic heterocycles. The van der Waals surface area contributed by atoms with Gasteiger partial charge in [-0.25, -0.2) is 15.0 Å². The normalized spacial score (nSPS) is 12.8. The van der Waals surface area contributed by atoms with E-state index in [1.807, 2.05) is 0 Å². The van der Waals surface area contributed by atoms with E-state index in [2.05, 4.69) is 224 Å². The Kier molecular flexibility index (Phi) is 8.30. The number of benzene rings is 10. The summed E-state index contributed by atoms with van der Waals surface area (Å²) in [5.74, 6) is 1.93. The summed E-state index contributed by atoms with van der Waals surface area (Å²) < 4.78 is 2.41. The van der Waals surface area contributed by atoms with Crippen molar-refractivity contribution in [2.75, 3.05) is 0 Å². The Morgan fingerprint density at radius 3 is 1.70 bits per heavy atom. The van der Waals surface area contributed by atoms with Crippen LogP contribution in [0.25, 0.3) is 98.1 Å². The third-order valence-electron chi connectivity index (χ3n) is 13.2. The van der Waals surface area contributed by atoms with Gasteiger partial charge in [-0.05, 0) is 96.4 Å². The van der Waals surface area contributed by atoms with Crippen molar-refractivity contribution in [2.24, 2.45) is 0 Å². The molecule has 298 valence electrons. The van der Waals surface area contributed by atoms with Gasteiger partial charge in [0.25, 0.3) is 0 Å². The van der Waals surface area contributed by atoms with Crippen LogP contribution in [0.5, 0.6) is 0 Å². The standard InChI is InChI=1S/C60H37N3S/c1-3-18-44(19-4-1)60(45-20-5-2-6-21-45)53-27-11-9-22-46(53)47-34-33-43(37-54(47)60)57-61-58(63-59(62-57)51-26-14-24-49-48-23-10-12-28-55(48)64-56(49)51)50-25-13-17-39-30-32-42(36-52(39)50)41-31-29-38-15-7-8-16-40(38)35-41/h1-37H. The zero-order chi connectivity index (χ0) is 42.2. The Labute approximate surface area is 374 Å². The first-order valence-electron chi connectivity index (χ1n) is 21.8. The number of hydrogen-bond acceptors (Lipinski definition) is 4. The van der Waals surface area contributed by atoms with Gasteiger partial charge in [0, 0.05) is 36.9 Å². The Morgan fingerprint density at radius 2 is 0.875 bits per heavy atom. The van der Waals surface area contributed by atoms with Gasteiger partial charge in [0.2, 0.25) is 0 Å². The number of rotatable bonds is 6. The monoisotopic (exact) mass is 831 g/mol. The summed E-state index contributed by atoms with van der Waals surface area (Å²) >= 11 is 1.79. The van der Waals surface area contributed by atoms with Crippen molar-refractivity contribution in [1.29, 1.82) is 0 Å². The third-order valence-corrected chi connectivity index (χ3v) is 14.4. The average Bonchev–Trinajstić information content (AvgIpc) is 3.90. The molecule has 0 aliphatic heterocycles. The van der Waals surface area contributed by atoms with Crippen LogP contribution in [-0.4, -0.2) is 15.0 Å². The molecule has 0 atom stereocenters. The highest BCUT2D eigenvalue weighted by Crippen LogP contribution is 2.56. The van der Waals surface area contributed by atoms with E-state index >= 15 is 0 Å². The molecule has 1 aliphatic rings. The summed E-state index contributed by atoms with van der Waals surface area (Å²) in [6.07, 6.45) is 0. The van der Waals surface area contributed by atoms with Crippen LogP contribution in [0, 0.1) is 0 Å². The molecule has 12 aromatic rings. The van der Waals surface area contributed by atoms with Gasteiger partial charge in [-0.2, -0.15) is 0 Å². The first kappa shape index (κ1) is 36.6. The zero-order valence-electron chi connectivity index (χ0n) is 34.6. The van der Waals surface area contributed by atoms with E-state index < -0.39 is 5.41 Å². The summed E-state index contributed by atoms with van der Waals surface area (Å²) in [5.41, 5.74) is 12.0. The molecule has 0 unspecified atom stereocenters. The van der Waals surface area contributed by atoms with E-state index in [-0.39, 0.29) is 0 Å². The molecule has 1 aliphatic carbocycles. The lowest BCUT2D eigenvalue weighted by Gasteiger charge is -2.34. The lowest BCUT2D eigenvalue weighted by atomic mass is 9.67. The maximum absolute atomic E-state index is 5.46. The molecule has 0 bridgehead atoms. The molecular formula is C60H37N3S. The number of hydrogen-bond donors (Lipinski definition) is 0. The minimum atomic E-state index is -0.555. The predicted molar refractivity (Wildman–Crippen MR) is 267 cm³/mol. The Balaban J connectivity index is 1.06. The van der Waals surface area contributed by atoms with Crippen molar-refractivity contribution in [3.8, 4) is 56.4 Å². The first-order chi connectivity index (χ1) is 31.7. The van der Waals surface area contributed by atoms with Gasteiger partial charge in [0.05, 0.1) is 5.41 Å². The van der Waals surface area contributed by atoms with Crippen LogP contribution in [0.3, 0.4) is 0 Å². The summed E-state index contributed by atoms with van der Waals surface area (Å²) in [7, 11) is 0. The topological polar surface area (TPSA) is 38.7 Å². The Hall–Kier alpha value is -8.05. The van der Waals surface area contributed by atoms with Crippen LogP contribution in [-0.2, 0) is 5.41 Å². The van der Waals surface area contributed by atoms with Crippen LogP contribution in [0.1, 0.15) is 22.3 Å². The van der Waals surface area contributed by atoms with Crippen LogP contribution in [0.15, 0.2) is 224 Å². The maximum atomic E-state index is 5.46. The minimum Gasteiger partial charge on any atom is -0.208 e. The van der Waals surface area contributed by atoms with Gasteiger partial charge < -0.3 is 0 Å². The lowest BCUT2D eigenvalue weighted by molar-refractivity contribution is 0.768. The summed E-state index contributed by atoms with van der Waals surface area (Å²) in [6.45, 7) is 0. The fourth-order valence-corrected chi connectivity index (χ4v) is 11.5. The fourth-order valence-electron chi connectivity index (χ4n) is 10.3. The molecule has 2 heterocycles. The number of thiophene rings is 1. The molecule has 0 N–H and O–H groups in total. The van der Waals surface area contributed by atoms with Gasteiger partial charge in [-0.15, -0.1) is 11.3 Å². The van der Waals surface area contributed by atoms with E-state index in [1.165, 1.54) is 69.9 Å². The molecule has 0 amide bonds. The zero-order valence-corrected chi connectivity index (χ0v) is 35.4. The van der Waals surface area contributed by atoms with Crippen LogP contribution >= 0.6 is 11.3 Å². The molecule has 0 saturated carbocycles. The van der Waals surface area contributed by atoms with E-state index in [9.17, 15) is 0 Å². The molecule has 0 saturated heterocycles. The largest absolute Gasteiger partial charge is 0.208 e. The van der Waals surface area contributed by atoms with Crippen molar-refractivity contribution < 1.29 is 0 Å². The van der Waals surface area contributed by atoms with Crippen molar-refractivity contribution in [1.82, 2.24) is 15.0 Å². The summed E-state index contributed by atoms with van der Waals surface area (Å²) in [5, 5.41) is 7.11. The smallest absolute Gasteiger partial charge is 0.165 e. The van der Waals surface area contributed by atoms with Crippen molar-refractivity contribution in [3.05, 3.63) is 247 Å². The molecule has 0 radical (unpaired) electrons. The van der Waals surface area contributed by atoms with E-state index in [1.54, 1.807) is 11.3 Å². The second kappa shape index (κ2) is 14.5. The molecule has 0 spiro atoms. The Morgan fingerprint density at radius 1 is 0.312 bits per heavy atom. The van der Waals surface area contributed by atoms with Gasteiger partial charge >= 0.3 is 0 Å². The molecular weight excluding hydrogens is 795 g/mol. The van der Waals surface area contributed by atoms with E-state index in [4.69, 9.17) is 15.0 Å². The van der Waals surface area contributed by atoms with Crippen LogP contribution in [0.4, 0.5) is 0 Å². The Bertz CT molecular complexity index is 3760. The SMILES string of the molecule is c1ccc(C2(c3ccccc3)c3ccccc3-c3ccc(-c4nc(-c5cccc6ccc(-c7ccc8ccccc8c7)cc56)nc(-c5cccc6c5sc5ccccc56)n4)cc32)cc1. The average molecular weight is 832 g/mol. The quantitative estimate of drug-likeness (QED) is 0.168. The number of nitrogens with zero attached hydrogens (tertiary/aromatic N) is 3. The number of fused-ring (bicyclic) bond motifs is 8. The van der Waals surface area contributed by atoms with Crippen LogP contribution < -0.4 is 0 Å². The highest BCUT2D eigenvalue weighted by Gasteiger charge is 2.46. The third kappa shape index (κ3) is 5.63. The van der Waals surface area contributed by atoms with Crippen molar-refractivity contribution in [2.45, 2.75) is 5.41 Å². The highest BCUT2D eigenvalue weighted by atomic mass is 32.1. The lowest BCUT2D eigenvalue weighted by Crippen LogP contribution is -2.28. The van der Waals surface area contributed by atoms with Gasteiger partial charge in [-0.1, -0.05) is 194 Å². The second-order valence-electron chi connectivity index (χ2n) is 16.7.